The molecule has 2 heteroatoms. The van der Waals surface area contributed by atoms with E-state index in [4.69, 9.17) is 0 Å². The summed E-state index contributed by atoms with van der Waals surface area (Å²) in [5.74, 6) is 0. The van der Waals surface area contributed by atoms with E-state index in [1.807, 2.05) is 0 Å². The Hall–Kier alpha value is -1.80. The average Bonchev–Trinajstić information content (AvgIpc) is 2.52. The minimum absolute atomic E-state index is 0.950. The Bertz CT molecular complexity index is 619. The fourth-order valence-electron chi connectivity index (χ4n) is 3.13. The van der Waals surface area contributed by atoms with Crippen molar-refractivity contribution >= 4 is 5.69 Å². The molecule has 0 amide bonds. The highest BCUT2D eigenvalue weighted by atomic mass is 15.1. The van der Waals surface area contributed by atoms with Crippen LogP contribution in [0.5, 0.6) is 0 Å². The van der Waals surface area contributed by atoms with Crippen LogP contribution in [0, 0.1) is 6.92 Å². The van der Waals surface area contributed by atoms with Gasteiger partial charge in [0.05, 0.1) is 0 Å². The second-order valence-corrected chi connectivity index (χ2v) is 5.85. The monoisotopic (exact) mass is 280 g/mol. The van der Waals surface area contributed by atoms with E-state index in [0.717, 1.165) is 32.6 Å². The lowest BCUT2D eigenvalue weighted by atomic mass is 9.98. The van der Waals surface area contributed by atoms with Gasteiger partial charge in [-0.25, -0.2) is 0 Å². The fourth-order valence-corrected chi connectivity index (χ4v) is 3.13. The molecule has 0 fully saturated rings. The summed E-state index contributed by atoms with van der Waals surface area (Å²) < 4.78 is 0. The first-order valence-electron chi connectivity index (χ1n) is 7.90. The van der Waals surface area contributed by atoms with Crippen molar-refractivity contribution in [2.45, 2.75) is 33.4 Å². The summed E-state index contributed by atoms with van der Waals surface area (Å²) >= 11 is 0. The van der Waals surface area contributed by atoms with E-state index < -0.39 is 0 Å². The van der Waals surface area contributed by atoms with Crippen LogP contribution in [0.25, 0.3) is 0 Å². The van der Waals surface area contributed by atoms with Crippen molar-refractivity contribution in [3.63, 3.8) is 0 Å². The van der Waals surface area contributed by atoms with Crippen LogP contribution in [0.15, 0.2) is 42.5 Å². The predicted octanol–water partition coefficient (Wildman–Crippen LogP) is 3.67. The second kappa shape index (κ2) is 6.31. The molecule has 0 saturated carbocycles. The average molecular weight is 280 g/mol. The van der Waals surface area contributed by atoms with Gasteiger partial charge in [0.15, 0.2) is 0 Å². The first-order chi connectivity index (χ1) is 10.3. The summed E-state index contributed by atoms with van der Waals surface area (Å²) in [6, 6.07) is 15.7. The Kier molecular flexibility index (Phi) is 4.26. The number of fused-ring (bicyclic) bond motifs is 1. The number of anilines is 1. The van der Waals surface area contributed by atoms with Crippen LogP contribution in [0.2, 0.25) is 0 Å². The number of nitrogens with zero attached hydrogens (tertiary/aromatic N) is 1. The third kappa shape index (κ3) is 3.11. The zero-order valence-electron chi connectivity index (χ0n) is 13.0. The van der Waals surface area contributed by atoms with Crippen molar-refractivity contribution in [2.75, 3.05) is 18.0 Å². The van der Waals surface area contributed by atoms with E-state index in [9.17, 15) is 0 Å². The van der Waals surface area contributed by atoms with Gasteiger partial charge in [0, 0.05) is 25.3 Å². The van der Waals surface area contributed by atoms with Crippen LogP contribution >= 0.6 is 0 Å². The molecule has 0 radical (unpaired) electrons. The Balaban J connectivity index is 1.87. The van der Waals surface area contributed by atoms with Gasteiger partial charge in [-0.3, -0.25) is 0 Å². The van der Waals surface area contributed by atoms with Crippen LogP contribution in [0.3, 0.4) is 0 Å². The first-order valence-corrected chi connectivity index (χ1v) is 7.90. The quantitative estimate of drug-likeness (QED) is 0.919. The van der Waals surface area contributed by atoms with Gasteiger partial charge in [0.25, 0.3) is 0 Å². The maximum absolute atomic E-state index is 3.46. The van der Waals surface area contributed by atoms with Crippen LogP contribution in [-0.2, 0) is 19.5 Å². The SMILES string of the molecule is CCNCc1cc(C)ccc1N1CCc2ccccc2C1. The Morgan fingerprint density at radius 1 is 1.10 bits per heavy atom. The number of rotatable bonds is 4. The lowest BCUT2D eigenvalue weighted by molar-refractivity contribution is 0.700. The van der Waals surface area contributed by atoms with Crippen molar-refractivity contribution in [2.24, 2.45) is 0 Å². The first kappa shape index (κ1) is 14.2. The Morgan fingerprint density at radius 2 is 1.90 bits per heavy atom. The van der Waals surface area contributed by atoms with Gasteiger partial charge in [-0.05, 0) is 42.6 Å². The van der Waals surface area contributed by atoms with E-state index in [2.05, 4.69) is 66.5 Å². The zero-order chi connectivity index (χ0) is 14.7. The molecule has 1 aliphatic heterocycles. The molecule has 0 atom stereocenters. The molecular weight excluding hydrogens is 256 g/mol. The van der Waals surface area contributed by atoms with Gasteiger partial charge in [-0.1, -0.05) is 48.9 Å². The molecule has 21 heavy (non-hydrogen) atoms. The topological polar surface area (TPSA) is 15.3 Å². The predicted molar refractivity (Wildman–Crippen MR) is 89.8 cm³/mol. The molecule has 0 aliphatic carbocycles. The van der Waals surface area contributed by atoms with Crippen LogP contribution in [0.1, 0.15) is 29.2 Å². The summed E-state index contributed by atoms with van der Waals surface area (Å²) in [6.45, 7) is 8.43. The fraction of sp³-hybridized carbons (Fsp3) is 0.368. The number of hydrogen-bond donors (Lipinski definition) is 1. The van der Waals surface area contributed by atoms with Gasteiger partial charge < -0.3 is 10.2 Å². The summed E-state index contributed by atoms with van der Waals surface area (Å²) in [5.41, 5.74) is 7.11. The lowest BCUT2D eigenvalue weighted by Gasteiger charge is -2.32. The number of benzene rings is 2. The summed E-state index contributed by atoms with van der Waals surface area (Å²) in [4.78, 5) is 2.52. The zero-order valence-corrected chi connectivity index (χ0v) is 13.0. The van der Waals surface area contributed by atoms with Crippen LogP contribution in [0.4, 0.5) is 5.69 Å². The molecular formula is C19H24N2. The standard InChI is InChI=1S/C19H24N2/c1-3-20-13-18-12-15(2)8-9-19(18)21-11-10-16-6-4-5-7-17(16)14-21/h4-9,12,20H,3,10-11,13-14H2,1-2H3. The van der Waals surface area contributed by atoms with Gasteiger partial charge in [-0.2, -0.15) is 0 Å². The number of nitrogens with one attached hydrogen (secondary N) is 1. The van der Waals surface area contributed by atoms with Crippen molar-refractivity contribution in [3.05, 3.63) is 64.7 Å². The summed E-state index contributed by atoms with van der Waals surface area (Å²) in [6.07, 6.45) is 1.14. The minimum atomic E-state index is 0.950. The third-order valence-electron chi connectivity index (χ3n) is 4.27. The highest BCUT2D eigenvalue weighted by molar-refractivity contribution is 5.56. The number of hydrogen-bond acceptors (Lipinski definition) is 2. The van der Waals surface area contributed by atoms with Crippen LogP contribution < -0.4 is 10.2 Å². The summed E-state index contributed by atoms with van der Waals surface area (Å²) in [5, 5.41) is 3.46. The van der Waals surface area contributed by atoms with E-state index in [1.165, 1.54) is 27.9 Å². The molecule has 110 valence electrons. The molecule has 3 rings (SSSR count). The van der Waals surface area contributed by atoms with Gasteiger partial charge in [0.2, 0.25) is 0 Å². The van der Waals surface area contributed by atoms with Gasteiger partial charge in [0.1, 0.15) is 0 Å². The highest BCUT2D eigenvalue weighted by Crippen LogP contribution is 2.28. The Morgan fingerprint density at radius 3 is 2.71 bits per heavy atom. The molecule has 0 bridgehead atoms. The molecule has 0 aromatic heterocycles. The smallest absolute Gasteiger partial charge is 0.0432 e. The largest absolute Gasteiger partial charge is 0.367 e. The minimum Gasteiger partial charge on any atom is -0.367 e. The molecule has 1 N–H and O–H groups in total. The van der Waals surface area contributed by atoms with E-state index in [-0.39, 0.29) is 0 Å². The van der Waals surface area contributed by atoms with E-state index in [0.29, 0.717) is 0 Å². The van der Waals surface area contributed by atoms with E-state index in [1.54, 1.807) is 0 Å². The molecule has 0 unspecified atom stereocenters. The van der Waals surface area contributed by atoms with Crippen molar-refractivity contribution in [3.8, 4) is 0 Å². The van der Waals surface area contributed by atoms with Gasteiger partial charge >= 0.3 is 0 Å². The summed E-state index contributed by atoms with van der Waals surface area (Å²) in [7, 11) is 0. The lowest BCUT2D eigenvalue weighted by Crippen LogP contribution is -2.31. The molecule has 0 saturated heterocycles. The van der Waals surface area contributed by atoms with E-state index >= 15 is 0 Å². The van der Waals surface area contributed by atoms with Crippen LogP contribution in [-0.4, -0.2) is 13.1 Å². The third-order valence-corrected chi connectivity index (χ3v) is 4.27. The molecule has 1 aliphatic rings. The molecule has 2 aromatic rings. The van der Waals surface area contributed by atoms with Crippen molar-refractivity contribution in [1.29, 1.82) is 0 Å². The number of aryl methyl sites for hydroxylation is 1. The molecule has 1 heterocycles. The maximum Gasteiger partial charge on any atom is 0.0432 e. The molecule has 2 nitrogen and oxygen atoms in total. The molecule has 2 aromatic carbocycles. The second-order valence-electron chi connectivity index (χ2n) is 5.85. The Labute approximate surface area is 127 Å². The van der Waals surface area contributed by atoms with Crippen molar-refractivity contribution in [1.82, 2.24) is 5.32 Å². The highest BCUT2D eigenvalue weighted by Gasteiger charge is 2.18. The normalized spacial score (nSPS) is 14.1. The molecule has 0 spiro atoms. The van der Waals surface area contributed by atoms with Gasteiger partial charge in [-0.15, -0.1) is 0 Å². The maximum atomic E-state index is 3.46. The van der Waals surface area contributed by atoms with Crippen molar-refractivity contribution < 1.29 is 0 Å².